The second kappa shape index (κ2) is 6.68. The Morgan fingerprint density at radius 2 is 2.10 bits per heavy atom. The van der Waals surface area contributed by atoms with Crippen LogP contribution in [0, 0.1) is 11.7 Å². The molecule has 3 heteroatoms. The molecule has 0 bridgehead atoms. The van der Waals surface area contributed by atoms with Gasteiger partial charge in [0, 0.05) is 12.6 Å². The van der Waals surface area contributed by atoms with E-state index in [0.717, 1.165) is 38.0 Å². The quantitative estimate of drug-likeness (QED) is 0.825. The maximum atomic E-state index is 13.8. The molecule has 110 valence electrons. The number of ether oxygens (including phenoxy) is 1. The highest BCUT2D eigenvalue weighted by molar-refractivity contribution is 5.18. The Balaban J connectivity index is 1.58. The lowest BCUT2D eigenvalue weighted by molar-refractivity contribution is 0.0890. The fraction of sp³-hybridized carbons (Fsp3) is 0.647. The van der Waals surface area contributed by atoms with E-state index < -0.39 is 0 Å². The van der Waals surface area contributed by atoms with Gasteiger partial charge in [0.15, 0.2) is 0 Å². The van der Waals surface area contributed by atoms with Crippen molar-refractivity contribution < 1.29 is 9.13 Å². The van der Waals surface area contributed by atoms with Crippen LogP contribution in [0.5, 0.6) is 0 Å². The van der Waals surface area contributed by atoms with Crippen LogP contribution in [0.1, 0.15) is 37.7 Å². The van der Waals surface area contributed by atoms with Crippen LogP contribution in [0.25, 0.3) is 0 Å². The molecule has 1 saturated carbocycles. The highest BCUT2D eigenvalue weighted by Gasteiger charge is 2.25. The number of nitrogens with one attached hydrogen (secondary N) is 1. The van der Waals surface area contributed by atoms with E-state index in [2.05, 4.69) is 5.32 Å². The Hall–Kier alpha value is -0.930. The molecule has 2 unspecified atom stereocenters. The molecule has 3 rings (SSSR count). The van der Waals surface area contributed by atoms with Gasteiger partial charge in [-0.3, -0.25) is 0 Å². The smallest absolute Gasteiger partial charge is 0.126 e. The van der Waals surface area contributed by atoms with Crippen molar-refractivity contribution in [3.8, 4) is 0 Å². The first-order valence-electron chi connectivity index (χ1n) is 7.89. The van der Waals surface area contributed by atoms with Crippen molar-refractivity contribution in [2.45, 2.75) is 50.7 Å². The number of hydrogen-bond acceptors (Lipinski definition) is 2. The largest absolute Gasteiger partial charge is 0.378 e. The van der Waals surface area contributed by atoms with Crippen LogP contribution >= 0.6 is 0 Å². The molecule has 0 aromatic heterocycles. The van der Waals surface area contributed by atoms with Crippen molar-refractivity contribution in [3.63, 3.8) is 0 Å². The summed E-state index contributed by atoms with van der Waals surface area (Å²) >= 11 is 0. The molecule has 2 fully saturated rings. The Bertz CT molecular complexity index is 427. The maximum absolute atomic E-state index is 13.8. The van der Waals surface area contributed by atoms with Crippen molar-refractivity contribution in [2.24, 2.45) is 5.92 Å². The first-order chi connectivity index (χ1) is 9.81. The molecule has 0 amide bonds. The van der Waals surface area contributed by atoms with Crippen LogP contribution in [0.3, 0.4) is 0 Å². The van der Waals surface area contributed by atoms with E-state index >= 15 is 0 Å². The van der Waals surface area contributed by atoms with Crippen molar-refractivity contribution in [3.05, 3.63) is 35.6 Å². The zero-order valence-electron chi connectivity index (χ0n) is 12.0. The van der Waals surface area contributed by atoms with Gasteiger partial charge in [0.2, 0.25) is 0 Å². The zero-order chi connectivity index (χ0) is 13.8. The Labute approximate surface area is 120 Å². The van der Waals surface area contributed by atoms with Gasteiger partial charge >= 0.3 is 0 Å². The standard InChI is InChI=1S/C17H24FNO/c18-17-6-2-1-4-14(17)10-13(12-19-15-7-8-15)11-16-5-3-9-20-16/h1-2,4,6,13,15-16,19H,3,5,7-12H2. The third-order valence-electron chi connectivity index (χ3n) is 4.36. The lowest BCUT2D eigenvalue weighted by atomic mass is 9.92. The molecule has 0 spiro atoms. The molecule has 2 aliphatic rings. The number of halogens is 1. The fourth-order valence-electron chi connectivity index (χ4n) is 3.04. The summed E-state index contributed by atoms with van der Waals surface area (Å²) in [5, 5.41) is 3.59. The molecule has 1 saturated heterocycles. The van der Waals surface area contributed by atoms with E-state index in [9.17, 15) is 4.39 Å². The summed E-state index contributed by atoms with van der Waals surface area (Å²) in [7, 11) is 0. The van der Waals surface area contributed by atoms with Gasteiger partial charge in [-0.05, 0) is 62.6 Å². The molecular weight excluding hydrogens is 253 g/mol. The van der Waals surface area contributed by atoms with Gasteiger partial charge in [-0.15, -0.1) is 0 Å². The summed E-state index contributed by atoms with van der Waals surface area (Å²) < 4.78 is 19.6. The summed E-state index contributed by atoms with van der Waals surface area (Å²) in [6, 6.07) is 7.87. The monoisotopic (exact) mass is 277 g/mol. The molecule has 1 aromatic carbocycles. The first-order valence-corrected chi connectivity index (χ1v) is 7.89. The van der Waals surface area contributed by atoms with Gasteiger partial charge in [0.1, 0.15) is 5.82 Å². The molecular formula is C17H24FNO. The Morgan fingerprint density at radius 3 is 2.80 bits per heavy atom. The maximum Gasteiger partial charge on any atom is 0.126 e. The van der Waals surface area contributed by atoms with Gasteiger partial charge in [0.25, 0.3) is 0 Å². The van der Waals surface area contributed by atoms with E-state index in [4.69, 9.17) is 4.74 Å². The van der Waals surface area contributed by atoms with Crippen LogP contribution in [-0.4, -0.2) is 25.3 Å². The third kappa shape index (κ3) is 4.03. The van der Waals surface area contributed by atoms with E-state index in [1.54, 1.807) is 12.1 Å². The summed E-state index contributed by atoms with van der Waals surface area (Å²) in [5.41, 5.74) is 0.841. The SMILES string of the molecule is Fc1ccccc1CC(CNC1CC1)CC1CCCO1. The van der Waals surface area contributed by atoms with Gasteiger partial charge in [-0.1, -0.05) is 18.2 Å². The summed E-state index contributed by atoms with van der Waals surface area (Å²) in [4.78, 5) is 0. The summed E-state index contributed by atoms with van der Waals surface area (Å²) in [5.74, 6) is 0.395. The van der Waals surface area contributed by atoms with E-state index in [1.807, 2.05) is 12.1 Å². The van der Waals surface area contributed by atoms with Crippen LogP contribution in [0.2, 0.25) is 0 Å². The highest BCUT2D eigenvalue weighted by Crippen LogP contribution is 2.25. The van der Waals surface area contributed by atoms with Crippen molar-refractivity contribution in [2.75, 3.05) is 13.2 Å². The second-order valence-corrected chi connectivity index (χ2v) is 6.21. The molecule has 0 radical (unpaired) electrons. The molecule has 1 aliphatic carbocycles. The number of hydrogen-bond donors (Lipinski definition) is 1. The molecule has 1 aliphatic heterocycles. The van der Waals surface area contributed by atoms with E-state index in [1.165, 1.54) is 19.3 Å². The first kappa shape index (κ1) is 14.0. The molecule has 1 heterocycles. The zero-order valence-corrected chi connectivity index (χ0v) is 12.0. The number of benzene rings is 1. The fourth-order valence-corrected chi connectivity index (χ4v) is 3.04. The minimum atomic E-state index is -0.0729. The lowest BCUT2D eigenvalue weighted by Crippen LogP contribution is -2.29. The average Bonchev–Trinajstić information content (AvgIpc) is 3.15. The Kier molecular flexibility index (Phi) is 4.69. The average molecular weight is 277 g/mol. The van der Waals surface area contributed by atoms with Crippen LogP contribution in [0.15, 0.2) is 24.3 Å². The second-order valence-electron chi connectivity index (χ2n) is 6.21. The third-order valence-corrected chi connectivity index (χ3v) is 4.36. The van der Waals surface area contributed by atoms with Gasteiger partial charge < -0.3 is 10.1 Å². The van der Waals surface area contributed by atoms with E-state index in [0.29, 0.717) is 18.1 Å². The van der Waals surface area contributed by atoms with Crippen molar-refractivity contribution in [1.82, 2.24) is 5.32 Å². The molecule has 1 N–H and O–H groups in total. The lowest BCUT2D eigenvalue weighted by Gasteiger charge is -2.21. The topological polar surface area (TPSA) is 21.3 Å². The van der Waals surface area contributed by atoms with Gasteiger partial charge in [-0.2, -0.15) is 0 Å². The Morgan fingerprint density at radius 1 is 1.25 bits per heavy atom. The normalized spacial score (nSPS) is 23.9. The highest BCUT2D eigenvalue weighted by atomic mass is 19.1. The predicted octanol–water partition coefficient (Wildman–Crippen LogP) is 3.31. The van der Waals surface area contributed by atoms with Gasteiger partial charge in [0.05, 0.1) is 6.10 Å². The molecule has 2 atom stereocenters. The molecule has 2 nitrogen and oxygen atoms in total. The summed E-state index contributed by atoms with van der Waals surface area (Å²) in [6.07, 6.45) is 7.18. The van der Waals surface area contributed by atoms with Crippen LogP contribution < -0.4 is 5.32 Å². The predicted molar refractivity (Wildman–Crippen MR) is 78.2 cm³/mol. The molecule has 20 heavy (non-hydrogen) atoms. The van der Waals surface area contributed by atoms with Gasteiger partial charge in [-0.25, -0.2) is 4.39 Å². The van der Waals surface area contributed by atoms with Crippen molar-refractivity contribution in [1.29, 1.82) is 0 Å². The summed E-state index contributed by atoms with van der Waals surface area (Å²) in [6.45, 7) is 1.88. The minimum absolute atomic E-state index is 0.0729. The van der Waals surface area contributed by atoms with E-state index in [-0.39, 0.29) is 5.82 Å². The molecule has 1 aromatic rings. The van der Waals surface area contributed by atoms with Crippen LogP contribution in [0.4, 0.5) is 4.39 Å². The van der Waals surface area contributed by atoms with Crippen molar-refractivity contribution >= 4 is 0 Å². The number of rotatable bonds is 7. The minimum Gasteiger partial charge on any atom is -0.378 e. The van der Waals surface area contributed by atoms with Crippen LogP contribution in [-0.2, 0) is 11.2 Å².